The van der Waals surface area contributed by atoms with Gasteiger partial charge < -0.3 is 15.4 Å². The number of methoxy groups -OCH3 is 1. The first-order valence-corrected chi connectivity index (χ1v) is 6.41. The Morgan fingerprint density at radius 3 is 3.13 bits per heavy atom. The van der Waals surface area contributed by atoms with E-state index in [0.717, 1.165) is 30.7 Å². The SMILES string of the molecule is COCCN1C(N)=NCC12CSC(C)C2. The molecule has 0 aromatic heterocycles. The van der Waals surface area contributed by atoms with Crippen LogP contribution in [0, 0.1) is 0 Å². The van der Waals surface area contributed by atoms with Crippen molar-refractivity contribution in [2.24, 2.45) is 10.7 Å². The van der Waals surface area contributed by atoms with E-state index in [4.69, 9.17) is 10.5 Å². The first kappa shape index (κ1) is 11.1. The van der Waals surface area contributed by atoms with Crippen molar-refractivity contribution in [3.63, 3.8) is 0 Å². The van der Waals surface area contributed by atoms with Crippen molar-refractivity contribution < 1.29 is 4.74 Å². The summed E-state index contributed by atoms with van der Waals surface area (Å²) in [7, 11) is 1.72. The third-order valence-electron chi connectivity index (χ3n) is 3.21. The summed E-state index contributed by atoms with van der Waals surface area (Å²) >= 11 is 2.02. The first-order valence-electron chi connectivity index (χ1n) is 5.36. The average Bonchev–Trinajstić information content (AvgIpc) is 2.72. The molecule has 86 valence electrons. The summed E-state index contributed by atoms with van der Waals surface area (Å²) in [6.45, 7) is 4.72. The van der Waals surface area contributed by atoms with E-state index in [9.17, 15) is 0 Å². The van der Waals surface area contributed by atoms with Crippen LogP contribution in [0.2, 0.25) is 0 Å². The van der Waals surface area contributed by atoms with E-state index >= 15 is 0 Å². The summed E-state index contributed by atoms with van der Waals surface area (Å²) < 4.78 is 5.12. The third-order valence-corrected chi connectivity index (χ3v) is 4.65. The minimum absolute atomic E-state index is 0.187. The molecule has 4 nitrogen and oxygen atoms in total. The van der Waals surface area contributed by atoms with Gasteiger partial charge in [-0.1, -0.05) is 6.92 Å². The van der Waals surface area contributed by atoms with Crippen LogP contribution in [0.3, 0.4) is 0 Å². The number of rotatable bonds is 3. The number of thioether (sulfide) groups is 1. The summed E-state index contributed by atoms with van der Waals surface area (Å²) in [4.78, 5) is 6.63. The van der Waals surface area contributed by atoms with Gasteiger partial charge in [-0.25, -0.2) is 0 Å². The Labute approximate surface area is 95.2 Å². The van der Waals surface area contributed by atoms with Gasteiger partial charge in [0.1, 0.15) is 0 Å². The van der Waals surface area contributed by atoms with Gasteiger partial charge in [0.25, 0.3) is 0 Å². The lowest BCUT2D eigenvalue weighted by atomic mass is 9.95. The van der Waals surface area contributed by atoms with Crippen LogP contribution in [0.1, 0.15) is 13.3 Å². The van der Waals surface area contributed by atoms with E-state index in [1.807, 2.05) is 11.8 Å². The minimum atomic E-state index is 0.187. The molecule has 0 radical (unpaired) electrons. The van der Waals surface area contributed by atoms with Crippen LogP contribution in [0.15, 0.2) is 4.99 Å². The van der Waals surface area contributed by atoms with Crippen molar-refractivity contribution in [3.05, 3.63) is 0 Å². The molecule has 2 aliphatic heterocycles. The molecule has 5 heteroatoms. The largest absolute Gasteiger partial charge is 0.383 e. The zero-order valence-electron chi connectivity index (χ0n) is 9.40. The van der Waals surface area contributed by atoms with Crippen molar-refractivity contribution in [2.45, 2.75) is 24.1 Å². The molecular formula is C10H19N3OS. The number of ether oxygens (including phenoxy) is 1. The van der Waals surface area contributed by atoms with Gasteiger partial charge in [0, 0.05) is 24.7 Å². The second-order valence-corrected chi connectivity index (χ2v) is 5.80. The Morgan fingerprint density at radius 2 is 2.53 bits per heavy atom. The fourth-order valence-electron chi connectivity index (χ4n) is 2.42. The fourth-order valence-corrected chi connectivity index (χ4v) is 3.81. The number of aliphatic imine (C=N–C) groups is 1. The highest BCUT2D eigenvalue weighted by Gasteiger charge is 2.46. The zero-order valence-corrected chi connectivity index (χ0v) is 10.2. The fraction of sp³-hybridized carbons (Fsp3) is 0.900. The average molecular weight is 229 g/mol. The molecule has 0 aromatic rings. The van der Waals surface area contributed by atoms with Gasteiger partial charge in [0.15, 0.2) is 5.96 Å². The second-order valence-electron chi connectivity index (χ2n) is 4.37. The summed E-state index contributed by atoms with van der Waals surface area (Å²) in [6.07, 6.45) is 1.19. The van der Waals surface area contributed by atoms with Gasteiger partial charge in [0.2, 0.25) is 0 Å². The van der Waals surface area contributed by atoms with Crippen molar-refractivity contribution in [1.29, 1.82) is 0 Å². The quantitative estimate of drug-likeness (QED) is 0.767. The molecule has 2 N–H and O–H groups in total. The van der Waals surface area contributed by atoms with E-state index in [1.54, 1.807) is 7.11 Å². The molecule has 0 amide bonds. The molecule has 1 saturated heterocycles. The minimum Gasteiger partial charge on any atom is -0.383 e. The van der Waals surface area contributed by atoms with Gasteiger partial charge in [-0.3, -0.25) is 4.99 Å². The Balaban J connectivity index is 2.06. The highest BCUT2D eigenvalue weighted by Crippen LogP contribution is 2.40. The van der Waals surface area contributed by atoms with E-state index in [2.05, 4.69) is 16.8 Å². The lowest BCUT2D eigenvalue weighted by molar-refractivity contribution is 0.138. The van der Waals surface area contributed by atoms with Crippen molar-refractivity contribution in [3.8, 4) is 0 Å². The maximum absolute atomic E-state index is 5.93. The number of hydrogen-bond acceptors (Lipinski definition) is 5. The molecule has 0 aliphatic carbocycles. The zero-order chi connectivity index (χ0) is 10.9. The first-order chi connectivity index (χ1) is 7.18. The highest BCUT2D eigenvalue weighted by atomic mass is 32.2. The van der Waals surface area contributed by atoms with Crippen LogP contribution in [-0.2, 0) is 4.74 Å². The van der Waals surface area contributed by atoms with Gasteiger partial charge in [-0.15, -0.1) is 0 Å². The van der Waals surface area contributed by atoms with Crippen LogP contribution in [0.25, 0.3) is 0 Å². The van der Waals surface area contributed by atoms with Gasteiger partial charge >= 0.3 is 0 Å². The predicted molar refractivity (Wildman–Crippen MR) is 64.3 cm³/mol. The van der Waals surface area contributed by atoms with Crippen molar-refractivity contribution >= 4 is 17.7 Å². The maximum Gasteiger partial charge on any atom is 0.191 e. The Bertz CT molecular complexity index is 271. The van der Waals surface area contributed by atoms with Crippen LogP contribution in [-0.4, -0.2) is 54.2 Å². The standard InChI is InChI=1S/C10H19N3OS/c1-8-5-10(7-15-8)6-12-9(11)13(10)3-4-14-2/h8H,3-7H2,1-2H3,(H2,11,12). The van der Waals surface area contributed by atoms with E-state index in [0.29, 0.717) is 5.96 Å². The van der Waals surface area contributed by atoms with Gasteiger partial charge in [0.05, 0.1) is 18.7 Å². The lowest BCUT2D eigenvalue weighted by Gasteiger charge is -2.35. The third kappa shape index (κ3) is 1.95. The molecule has 2 atom stereocenters. The summed E-state index contributed by atoms with van der Waals surface area (Å²) in [5, 5.41) is 0.719. The second kappa shape index (κ2) is 4.22. The van der Waals surface area contributed by atoms with Crippen LogP contribution < -0.4 is 5.73 Å². The summed E-state index contributed by atoms with van der Waals surface area (Å²) in [5.41, 5.74) is 6.12. The monoisotopic (exact) mass is 229 g/mol. The van der Waals surface area contributed by atoms with Crippen molar-refractivity contribution in [1.82, 2.24) is 4.90 Å². The number of hydrogen-bond donors (Lipinski definition) is 1. The van der Waals surface area contributed by atoms with Gasteiger partial charge in [-0.05, 0) is 6.42 Å². The molecule has 0 aromatic carbocycles. The Morgan fingerprint density at radius 1 is 1.73 bits per heavy atom. The summed E-state index contributed by atoms with van der Waals surface area (Å²) in [5.74, 6) is 1.84. The normalized spacial score (nSPS) is 35.2. The topological polar surface area (TPSA) is 50.9 Å². The smallest absolute Gasteiger partial charge is 0.191 e. The molecule has 1 fully saturated rings. The van der Waals surface area contributed by atoms with Crippen LogP contribution in [0.4, 0.5) is 0 Å². The molecule has 0 saturated carbocycles. The van der Waals surface area contributed by atoms with Crippen molar-refractivity contribution in [2.75, 3.05) is 32.6 Å². The molecule has 2 rings (SSSR count). The Kier molecular flexibility index (Phi) is 3.11. The molecule has 2 unspecified atom stereocenters. The lowest BCUT2D eigenvalue weighted by Crippen LogP contribution is -2.53. The molecule has 15 heavy (non-hydrogen) atoms. The van der Waals surface area contributed by atoms with E-state index in [-0.39, 0.29) is 5.54 Å². The molecule has 2 heterocycles. The molecule has 0 bridgehead atoms. The van der Waals surface area contributed by atoms with E-state index < -0.39 is 0 Å². The van der Waals surface area contributed by atoms with Crippen LogP contribution >= 0.6 is 11.8 Å². The molecule has 1 spiro atoms. The van der Waals surface area contributed by atoms with E-state index in [1.165, 1.54) is 6.42 Å². The molecular weight excluding hydrogens is 210 g/mol. The summed E-state index contributed by atoms with van der Waals surface area (Å²) in [6, 6.07) is 0. The van der Waals surface area contributed by atoms with Crippen LogP contribution in [0.5, 0.6) is 0 Å². The number of nitrogens with zero attached hydrogens (tertiary/aromatic N) is 2. The highest BCUT2D eigenvalue weighted by molar-refractivity contribution is 8.00. The molecule has 2 aliphatic rings. The number of nitrogens with two attached hydrogens (primary N) is 1. The maximum atomic E-state index is 5.93. The van der Waals surface area contributed by atoms with Gasteiger partial charge in [-0.2, -0.15) is 11.8 Å². The number of guanidine groups is 1. The predicted octanol–water partition coefficient (Wildman–Crippen LogP) is 0.527. The Hall–Kier alpha value is -0.420.